The lowest BCUT2D eigenvalue weighted by molar-refractivity contribution is -0.116. The number of nitrogens with one attached hydrogen (secondary N) is 1. The van der Waals surface area contributed by atoms with E-state index in [-0.39, 0.29) is 24.1 Å². The Hall–Kier alpha value is -2.56. The van der Waals surface area contributed by atoms with Crippen LogP contribution in [-0.4, -0.2) is 20.1 Å². The molecule has 2 aromatic carbocycles. The van der Waals surface area contributed by atoms with E-state index in [0.717, 1.165) is 5.56 Å². The average molecular weight is 301 g/mol. The van der Waals surface area contributed by atoms with E-state index in [1.165, 1.54) is 13.2 Å². The number of amides is 1. The molecular formula is C17H16FNO3. The van der Waals surface area contributed by atoms with E-state index in [0.29, 0.717) is 22.7 Å². The summed E-state index contributed by atoms with van der Waals surface area (Å²) in [7, 11) is 3.08. The quantitative estimate of drug-likeness (QED) is 0.946. The minimum Gasteiger partial charge on any atom is -0.493 e. The number of hydrogen-bond donors (Lipinski definition) is 1. The first kappa shape index (κ1) is 14.4. The lowest BCUT2D eigenvalue weighted by Gasteiger charge is -2.27. The highest BCUT2D eigenvalue weighted by molar-refractivity contribution is 5.96. The minimum absolute atomic E-state index is 0.145. The van der Waals surface area contributed by atoms with Crippen LogP contribution in [0.5, 0.6) is 11.5 Å². The summed E-state index contributed by atoms with van der Waals surface area (Å²) in [5, 5.41) is 2.81. The van der Waals surface area contributed by atoms with Crippen molar-refractivity contribution in [3.63, 3.8) is 0 Å². The van der Waals surface area contributed by atoms with Crippen molar-refractivity contribution in [1.29, 1.82) is 0 Å². The number of ether oxygens (including phenoxy) is 2. The van der Waals surface area contributed by atoms with Crippen molar-refractivity contribution in [3.05, 3.63) is 53.3 Å². The number of rotatable bonds is 3. The van der Waals surface area contributed by atoms with Gasteiger partial charge in [0.25, 0.3) is 0 Å². The third-order valence-corrected chi connectivity index (χ3v) is 3.88. The smallest absolute Gasteiger partial charge is 0.225 e. The van der Waals surface area contributed by atoms with Crippen LogP contribution in [0.25, 0.3) is 0 Å². The van der Waals surface area contributed by atoms with Gasteiger partial charge in [0.15, 0.2) is 11.5 Å². The Bertz CT molecular complexity index is 730. The first-order valence-corrected chi connectivity index (χ1v) is 6.94. The summed E-state index contributed by atoms with van der Waals surface area (Å²) < 4.78 is 24.7. The molecule has 0 aromatic heterocycles. The van der Waals surface area contributed by atoms with Gasteiger partial charge >= 0.3 is 0 Å². The van der Waals surface area contributed by atoms with Gasteiger partial charge in [-0.15, -0.1) is 0 Å². The summed E-state index contributed by atoms with van der Waals surface area (Å²) in [6, 6.07) is 10.0. The van der Waals surface area contributed by atoms with Gasteiger partial charge in [-0.05, 0) is 23.3 Å². The molecule has 0 spiro atoms. The Balaban J connectivity index is 2.16. The summed E-state index contributed by atoms with van der Waals surface area (Å²) in [6.07, 6.45) is 0.198. The van der Waals surface area contributed by atoms with E-state index in [9.17, 15) is 9.18 Å². The number of fused-ring (bicyclic) bond motifs is 1. The van der Waals surface area contributed by atoms with Crippen molar-refractivity contribution < 1.29 is 18.7 Å². The molecule has 1 atom stereocenters. The number of methoxy groups -OCH3 is 2. The topological polar surface area (TPSA) is 47.6 Å². The van der Waals surface area contributed by atoms with Crippen LogP contribution in [0.2, 0.25) is 0 Å². The zero-order valence-electron chi connectivity index (χ0n) is 12.4. The van der Waals surface area contributed by atoms with Crippen molar-refractivity contribution in [2.45, 2.75) is 12.3 Å². The second-order valence-corrected chi connectivity index (χ2v) is 5.12. The highest BCUT2D eigenvalue weighted by Crippen LogP contribution is 2.43. The number of anilines is 1. The normalized spacial score (nSPS) is 16.7. The molecule has 0 saturated heterocycles. The Labute approximate surface area is 127 Å². The van der Waals surface area contributed by atoms with E-state index >= 15 is 0 Å². The summed E-state index contributed by atoms with van der Waals surface area (Å²) >= 11 is 0. The molecule has 2 aromatic rings. The predicted octanol–water partition coefficient (Wildman–Crippen LogP) is 3.32. The van der Waals surface area contributed by atoms with Crippen LogP contribution in [0.3, 0.4) is 0 Å². The largest absolute Gasteiger partial charge is 0.493 e. The average Bonchev–Trinajstić information content (AvgIpc) is 2.53. The van der Waals surface area contributed by atoms with Gasteiger partial charge in [0.2, 0.25) is 5.91 Å². The molecule has 114 valence electrons. The molecule has 4 nitrogen and oxygen atoms in total. The first-order chi connectivity index (χ1) is 10.6. The maximum absolute atomic E-state index is 14.1. The summed E-state index contributed by atoms with van der Waals surface area (Å²) in [4.78, 5) is 12.0. The number of carbonyl (C=O) groups excluding carboxylic acids is 1. The Kier molecular flexibility index (Phi) is 3.71. The summed E-state index contributed by atoms with van der Waals surface area (Å²) in [5.41, 5.74) is 1.95. The van der Waals surface area contributed by atoms with Gasteiger partial charge in [0.05, 0.1) is 14.2 Å². The number of benzene rings is 2. The van der Waals surface area contributed by atoms with Gasteiger partial charge in [0.1, 0.15) is 5.82 Å². The highest BCUT2D eigenvalue weighted by atomic mass is 19.1. The third kappa shape index (κ3) is 2.39. The Morgan fingerprint density at radius 2 is 1.77 bits per heavy atom. The molecule has 1 aliphatic heterocycles. The molecule has 0 saturated carbocycles. The van der Waals surface area contributed by atoms with E-state index in [4.69, 9.17) is 9.47 Å². The van der Waals surface area contributed by atoms with E-state index < -0.39 is 0 Å². The number of carbonyl (C=O) groups is 1. The van der Waals surface area contributed by atoms with Crippen molar-refractivity contribution in [1.82, 2.24) is 0 Å². The molecule has 0 fully saturated rings. The van der Waals surface area contributed by atoms with E-state index in [1.807, 2.05) is 0 Å². The van der Waals surface area contributed by atoms with Crippen LogP contribution in [0, 0.1) is 5.82 Å². The zero-order chi connectivity index (χ0) is 15.7. The van der Waals surface area contributed by atoms with Crippen LogP contribution in [0.15, 0.2) is 36.4 Å². The van der Waals surface area contributed by atoms with Gasteiger partial charge in [0, 0.05) is 24.1 Å². The van der Waals surface area contributed by atoms with Crippen LogP contribution < -0.4 is 14.8 Å². The van der Waals surface area contributed by atoms with Crippen molar-refractivity contribution in [2.75, 3.05) is 19.5 Å². The van der Waals surface area contributed by atoms with E-state index in [1.54, 1.807) is 37.4 Å². The summed E-state index contributed by atoms with van der Waals surface area (Å²) in [5.74, 6) is 0.273. The molecule has 1 heterocycles. The maximum atomic E-state index is 14.1. The fourth-order valence-electron chi connectivity index (χ4n) is 2.82. The fourth-order valence-corrected chi connectivity index (χ4v) is 2.82. The maximum Gasteiger partial charge on any atom is 0.225 e. The van der Waals surface area contributed by atoms with Crippen LogP contribution in [0.1, 0.15) is 23.5 Å². The standard InChI is InChI=1S/C17H16FNO3/c1-21-15-7-12-11(10-5-3-4-6-13(10)18)8-17(20)19-14(12)9-16(15)22-2/h3-7,9,11H,8H2,1-2H3,(H,19,20)/t11-/m1/s1. The molecule has 0 aliphatic carbocycles. The second-order valence-electron chi connectivity index (χ2n) is 5.12. The Morgan fingerprint density at radius 1 is 1.09 bits per heavy atom. The number of hydrogen-bond acceptors (Lipinski definition) is 3. The molecule has 0 bridgehead atoms. The molecule has 1 amide bonds. The molecule has 0 unspecified atom stereocenters. The zero-order valence-corrected chi connectivity index (χ0v) is 12.4. The van der Waals surface area contributed by atoms with Crippen LogP contribution in [-0.2, 0) is 4.79 Å². The van der Waals surface area contributed by atoms with Gasteiger partial charge < -0.3 is 14.8 Å². The molecular weight excluding hydrogens is 285 g/mol. The molecule has 3 rings (SSSR count). The molecule has 22 heavy (non-hydrogen) atoms. The monoisotopic (exact) mass is 301 g/mol. The third-order valence-electron chi connectivity index (χ3n) is 3.88. The SMILES string of the molecule is COc1cc2c(cc1OC)[C@@H](c1ccccc1F)CC(=O)N2. The molecule has 5 heteroatoms. The lowest BCUT2D eigenvalue weighted by atomic mass is 9.84. The highest BCUT2D eigenvalue weighted by Gasteiger charge is 2.29. The number of halogens is 1. The van der Waals surface area contributed by atoms with Gasteiger partial charge in [-0.25, -0.2) is 4.39 Å². The Morgan fingerprint density at radius 3 is 2.45 bits per heavy atom. The molecule has 1 N–H and O–H groups in total. The van der Waals surface area contributed by atoms with Gasteiger partial charge in [-0.1, -0.05) is 18.2 Å². The van der Waals surface area contributed by atoms with Crippen molar-refractivity contribution >= 4 is 11.6 Å². The van der Waals surface area contributed by atoms with Crippen molar-refractivity contribution in [3.8, 4) is 11.5 Å². The first-order valence-electron chi connectivity index (χ1n) is 6.94. The van der Waals surface area contributed by atoms with E-state index in [2.05, 4.69) is 5.32 Å². The molecule has 0 radical (unpaired) electrons. The summed E-state index contributed by atoms with van der Waals surface area (Å²) in [6.45, 7) is 0. The molecule has 1 aliphatic rings. The lowest BCUT2D eigenvalue weighted by Crippen LogP contribution is -2.24. The van der Waals surface area contributed by atoms with Gasteiger partial charge in [-0.3, -0.25) is 4.79 Å². The minimum atomic E-state index is -0.343. The fraction of sp³-hybridized carbons (Fsp3) is 0.235. The van der Waals surface area contributed by atoms with Gasteiger partial charge in [-0.2, -0.15) is 0 Å². The second kappa shape index (κ2) is 5.67. The van der Waals surface area contributed by atoms with Crippen LogP contribution >= 0.6 is 0 Å². The predicted molar refractivity (Wildman–Crippen MR) is 81.0 cm³/mol. The van der Waals surface area contributed by atoms with Crippen molar-refractivity contribution in [2.24, 2.45) is 0 Å². The van der Waals surface area contributed by atoms with Crippen LogP contribution in [0.4, 0.5) is 10.1 Å².